The summed E-state index contributed by atoms with van der Waals surface area (Å²) >= 11 is 12.3. The fourth-order valence-electron chi connectivity index (χ4n) is 4.28. The zero-order valence-electron chi connectivity index (χ0n) is 20.0. The molecule has 5 rings (SSSR count). The molecule has 36 heavy (non-hydrogen) atoms. The first-order chi connectivity index (χ1) is 17.1. The summed E-state index contributed by atoms with van der Waals surface area (Å²) in [5.41, 5.74) is 3.08. The Morgan fingerprint density at radius 3 is 1.92 bits per heavy atom. The van der Waals surface area contributed by atoms with Gasteiger partial charge in [-0.1, -0.05) is 95.9 Å². The monoisotopic (exact) mass is 709 g/mol. The molecule has 0 radical (unpaired) electrons. The highest BCUT2D eigenvalue weighted by Gasteiger charge is 2.58. The topological polar surface area (TPSA) is 30.9 Å². The van der Waals surface area contributed by atoms with E-state index in [0.717, 1.165) is 30.1 Å². The first-order valence-corrected chi connectivity index (χ1v) is 18.2. The van der Waals surface area contributed by atoms with Crippen LogP contribution in [0.5, 0.6) is 0 Å². The average molecular weight is 712 g/mol. The molecule has 4 unspecified atom stereocenters. The van der Waals surface area contributed by atoms with Crippen LogP contribution in [0.2, 0.25) is 19.6 Å². The van der Waals surface area contributed by atoms with Gasteiger partial charge in [-0.25, -0.2) is 0 Å². The Labute approximate surface area is 242 Å². The highest BCUT2D eigenvalue weighted by molar-refractivity contribution is 9.11. The van der Waals surface area contributed by atoms with Crippen molar-refractivity contribution >= 4 is 67.9 Å². The second-order valence-corrected chi connectivity index (χ2v) is 17.9. The molecule has 4 atom stereocenters. The SMILES string of the molecule is C[Si](C)(C)OC(c1ccc(Br)cc1)N1C=CSC12OC(c1ccc(Br)cc1)OC2c1ccc(Br)cc1. The van der Waals surface area contributed by atoms with Crippen LogP contribution in [0.1, 0.15) is 35.3 Å². The first-order valence-electron chi connectivity index (χ1n) is 11.5. The molecule has 0 aliphatic carbocycles. The third-order valence-corrected chi connectivity index (χ3v) is 9.51. The lowest BCUT2D eigenvalue weighted by Crippen LogP contribution is -2.48. The van der Waals surface area contributed by atoms with Crippen molar-refractivity contribution in [3.63, 3.8) is 0 Å². The van der Waals surface area contributed by atoms with Crippen molar-refractivity contribution in [1.82, 2.24) is 4.90 Å². The minimum absolute atomic E-state index is 0.332. The summed E-state index contributed by atoms with van der Waals surface area (Å²) < 4.78 is 23.5. The maximum Gasteiger partial charge on any atom is 0.229 e. The number of hydrogen-bond donors (Lipinski definition) is 0. The lowest BCUT2D eigenvalue weighted by Gasteiger charge is -2.43. The van der Waals surface area contributed by atoms with Gasteiger partial charge < -0.3 is 18.8 Å². The fourth-order valence-corrected chi connectivity index (χ4v) is 7.12. The Kier molecular flexibility index (Phi) is 7.92. The molecule has 0 bridgehead atoms. The fraction of sp³-hybridized carbons (Fsp3) is 0.259. The van der Waals surface area contributed by atoms with Crippen LogP contribution in [-0.4, -0.2) is 18.3 Å². The molecule has 0 saturated carbocycles. The molecule has 0 aromatic heterocycles. The van der Waals surface area contributed by atoms with Crippen molar-refractivity contribution in [1.29, 1.82) is 0 Å². The van der Waals surface area contributed by atoms with Crippen LogP contribution in [0.3, 0.4) is 0 Å². The first kappa shape index (κ1) is 26.7. The predicted molar refractivity (Wildman–Crippen MR) is 159 cm³/mol. The van der Waals surface area contributed by atoms with E-state index >= 15 is 0 Å². The van der Waals surface area contributed by atoms with E-state index in [-0.39, 0.29) is 12.3 Å². The molecule has 1 spiro atoms. The number of hydrogen-bond acceptors (Lipinski definition) is 5. The molecule has 0 amide bonds. The highest BCUT2D eigenvalue weighted by atomic mass is 79.9. The summed E-state index contributed by atoms with van der Waals surface area (Å²) in [6, 6.07) is 24.7. The summed E-state index contributed by atoms with van der Waals surface area (Å²) in [5, 5.41) is 1.24. The molecular weight excluding hydrogens is 686 g/mol. The average Bonchev–Trinajstić information content (AvgIpc) is 3.43. The zero-order valence-corrected chi connectivity index (χ0v) is 26.6. The van der Waals surface area contributed by atoms with E-state index < -0.39 is 19.7 Å². The van der Waals surface area contributed by atoms with Crippen LogP contribution in [0.25, 0.3) is 0 Å². The van der Waals surface area contributed by atoms with Gasteiger partial charge in [-0.2, -0.15) is 0 Å². The Morgan fingerprint density at radius 2 is 1.36 bits per heavy atom. The number of benzene rings is 3. The molecule has 3 aromatic rings. The molecular formula is C27H26Br3NO3SSi. The van der Waals surface area contributed by atoms with Crippen LogP contribution >= 0.6 is 59.6 Å². The largest absolute Gasteiger partial charge is 0.394 e. The van der Waals surface area contributed by atoms with Gasteiger partial charge in [-0.05, 0) is 67.0 Å². The summed E-state index contributed by atoms with van der Waals surface area (Å²) in [7, 11) is -1.95. The van der Waals surface area contributed by atoms with E-state index in [4.69, 9.17) is 13.9 Å². The lowest BCUT2D eigenvalue weighted by molar-refractivity contribution is -0.131. The van der Waals surface area contributed by atoms with Crippen molar-refractivity contribution in [3.05, 3.63) is 115 Å². The van der Waals surface area contributed by atoms with Gasteiger partial charge in [-0.15, -0.1) is 0 Å². The summed E-state index contributed by atoms with van der Waals surface area (Å²) in [6.07, 6.45) is 0.860. The smallest absolute Gasteiger partial charge is 0.229 e. The molecule has 2 aliphatic heterocycles. The Bertz CT molecular complexity index is 1240. The van der Waals surface area contributed by atoms with Crippen LogP contribution in [0.4, 0.5) is 0 Å². The van der Waals surface area contributed by atoms with Crippen LogP contribution in [-0.2, 0) is 13.9 Å². The van der Waals surface area contributed by atoms with Gasteiger partial charge in [0.2, 0.25) is 5.06 Å². The number of rotatable bonds is 6. The number of halogens is 3. The van der Waals surface area contributed by atoms with Crippen molar-refractivity contribution in [2.24, 2.45) is 0 Å². The third-order valence-electron chi connectivity index (χ3n) is 5.87. The molecule has 2 aliphatic rings. The Morgan fingerprint density at radius 1 is 0.833 bits per heavy atom. The van der Waals surface area contributed by atoms with Gasteiger partial charge in [-0.3, -0.25) is 0 Å². The van der Waals surface area contributed by atoms with E-state index in [9.17, 15) is 0 Å². The second kappa shape index (κ2) is 10.7. The van der Waals surface area contributed by atoms with E-state index in [2.05, 4.69) is 120 Å². The molecule has 4 nitrogen and oxygen atoms in total. The third kappa shape index (κ3) is 5.59. The minimum atomic E-state index is -1.95. The number of nitrogens with zero attached hydrogens (tertiary/aromatic N) is 1. The van der Waals surface area contributed by atoms with Crippen molar-refractivity contribution in [2.45, 2.75) is 43.3 Å². The van der Waals surface area contributed by atoms with Gasteiger partial charge >= 0.3 is 0 Å². The quantitative estimate of drug-likeness (QED) is 0.238. The number of thioether (sulfide) groups is 1. The van der Waals surface area contributed by atoms with Gasteiger partial charge in [0.15, 0.2) is 14.6 Å². The molecule has 0 N–H and O–H groups in total. The van der Waals surface area contributed by atoms with Crippen LogP contribution in [0.15, 0.2) is 97.8 Å². The molecule has 3 aromatic carbocycles. The highest BCUT2D eigenvalue weighted by Crippen LogP contribution is 2.59. The maximum atomic E-state index is 6.89. The maximum absolute atomic E-state index is 6.89. The van der Waals surface area contributed by atoms with Crippen LogP contribution in [0, 0.1) is 0 Å². The summed E-state index contributed by atoms with van der Waals surface area (Å²) in [6.45, 7) is 6.63. The van der Waals surface area contributed by atoms with Crippen molar-refractivity contribution < 1.29 is 13.9 Å². The van der Waals surface area contributed by atoms with E-state index in [1.54, 1.807) is 11.8 Å². The Hall–Kier alpha value is -0.913. The zero-order chi connectivity index (χ0) is 25.5. The van der Waals surface area contributed by atoms with E-state index in [0.29, 0.717) is 0 Å². The minimum Gasteiger partial charge on any atom is -0.394 e. The van der Waals surface area contributed by atoms with E-state index in [1.165, 1.54) is 0 Å². The van der Waals surface area contributed by atoms with Gasteiger partial charge in [0.25, 0.3) is 0 Å². The summed E-state index contributed by atoms with van der Waals surface area (Å²) in [4.78, 5) is 2.20. The molecule has 188 valence electrons. The van der Waals surface area contributed by atoms with Crippen molar-refractivity contribution in [3.8, 4) is 0 Å². The molecule has 2 heterocycles. The summed E-state index contributed by atoms with van der Waals surface area (Å²) in [5.74, 6) is 0. The Balaban J connectivity index is 1.60. The molecule has 1 saturated heterocycles. The van der Waals surface area contributed by atoms with Crippen molar-refractivity contribution in [2.75, 3.05) is 0 Å². The van der Waals surface area contributed by atoms with Gasteiger partial charge in [0, 0.05) is 30.7 Å². The molecule has 9 heteroatoms. The molecule has 1 fully saturated rings. The predicted octanol–water partition coefficient (Wildman–Crippen LogP) is 9.48. The lowest BCUT2D eigenvalue weighted by atomic mass is 10.1. The standard InChI is InChI=1S/C27H26Br3NO3SSi/c1-36(2,3)34-25(19-6-12-22(29)13-7-19)31-16-17-35-27(31)24(18-4-10-21(28)11-5-18)32-26(33-27)20-8-14-23(30)15-9-20/h4-17,24-26H,1-3H3. The van der Waals surface area contributed by atoms with Crippen LogP contribution < -0.4 is 0 Å². The van der Waals surface area contributed by atoms with E-state index in [1.807, 2.05) is 36.4 Å². The van der Waals surface area contributed by atoms with Gasteiger partial charge in [0.05, 0.1) is 0 Å². The second-order valence-electron chi connectivity index (χ2n) is 9.64. The normalized spacial score (nSPS) is 24.6. The number of ether oxygens (including phenoxy) is 2. The van der Waals surface area contributed by atoms with Gasteiger partial charge in [0.1, 0.15) is 12.3 Å².